The SMILES string of the molecule is CC(C)C(=O)CCNC(C)(C)C. The van der Waals surface area contributed by atoms with Crippen molar-refractivity contribution in [3.8, 4) is 0 Å². The van der Waals surface area contributed by atoms with Gasteiger partial charge in [0.1, 0.15) is 5.78 Å². The molecular formula is C10H21NO. The summed E-state index contributed by atoms with van der Waals surface area (Å²) in [4.78, 5) is 11.2. The molecule has 0 amide bonds. The maximum absolute atomic E-state index is 11.2. The first-order valence-corrected chi connectivity index (χ1v) is 4.60. The van der Waals surface area contributed by atoms with Crippen molar-refractivity contribution in [3.05, 3.63) is 0 Å². The molecule has 1 N–H and O–H groups in total. The zero-order chi connectivity index (χ0) is 9.78. The van der Waals surface area contributed by atoms with E-state index in [1.165, 1.54) is 0 Å². The Balaban J connectivity index is 3.51. The average Bonchev–Trinajstić information content (AvgIpc) is 1.84. The fraction of sp³-hybridized carbons (Fsp3) is 0.900. The molecule has 0 aromatic rings. The summed E-state index contributed by atoms with van der Waals surface area (Å²) in [7, 11) is 0. The van der Waals surface area contributed by atoms with Gasteiger partial charge in [-0.05, 0) is 20.8 Å². The highest BCUT2D eigenvalue weighted by Crippen LogP contribution is 2.01. The zero-order valence-corrected chi connectivity index (χ0v) is 8.90. The highest BCUT2D eigenvalue weighted by atomic mass is 16.1. The van der Waals surface area contributed by atoms with E-state index in [-0.39, 0.29) is 11.5 Å². The van der Waals surface area contributed by atoms with Crippen molar-refractivity contribution in [2.24, 2.45) is 5.92 Å². The Morgan fingerprint density at radius 2 is 1.83 bits per heavy atom. The third kappa shape index (κ3) is 6.35. The Morgan fingerprint density at radius 3 is 2.17 bits per heavy atom. The van der Waals surface area contributed by atoms with Crippen LogP contribution in [-0.4, -0.2) is 17.9 Å². The summed E-state index contributed by atoms with van der Waals surface area (Å²) >= 11 is 0. The summed E-state index contributed by atoms with van der Waals surface area (Å²) in [6, 6.07) is 0. The predicted molar refractivity (Wildman–Crippen MR) is 52.2 cm³/mol. The van der Waals surface area contributed by atoms with Crippen molar-refractivity contribution in [1.82, 2.24) is 5.32 Å². The molecule has 0 saturated heterocycles. The van der Waals surface area contributed by atoms with Crippen LogP contribution in [-0.2, 0) is 4.79 Å². The first kappa shape index (κ1) is 11.6. The number of nitrogens with one attached hydrogen (secondary N) is 1. The van der Waals surface area contributed by atoms with Crippen LogP contribution in [0.2, 0.25) is 0 Å². The summed E-state index contributed by atoms with van der Waals surface area (Å²) in [5, 5.41) is 3.29. The van der Waals surface area contributed by atoms with Crippen LogP contribution in [0.15, 0.2) is 0 Å². The smallest absolute Gasteiger partial charge is 0.136 e. The van der Waals surface area contributed by atoms with Crippen LogP contribution in [0.3, 0.4) is 0 Å². The minimum Gasteiger partial charge on any atom is -0.312 e. The van der Waals surface area contributed by atoms with Gasteiger partial charge in [0, 0.05) is 24.4 Å². The lowest BCUT2D eigenvalue weighted by molar-refractivity contribution is -0.121. The molecule has 0 saturated carbocycles. The molecule has 0 aliphatic carbocycles. The molecule has 0 spiro atoms. The van der Waals surface area contributed by atoms with Crippen LogP contribution in [0.5, 0.6) is 0 Å². The van der Waals surface area contributed by atoms with E-state index in [1.807, 2.05) is 13.8 Å². The van der Waals surface area contributed by atoms with E-state index in [4.69, 9.17) is 0 Å². The quantitative estimate of drug-likeness (QED) is 0.701. The lowest BCUT2D eigenvalue weighted by Gasteiger charge is -2.20. The third-order valence-corrected chi connectivity index (χ3v) is 1.67. The predicted octanol–water partition coefficient (Wildman–Crippen LogP) is 1.99. The first-order valence-electron chi connectivity index (χ1n) is 4.60. The Labute approximate surface area is 75.7 Å². The molecule has 0 aliphatic heterocycles. The van der Waals surface area contributed by atoms with Crippen molar-refractivity contribution in [2.45, 2.75) is 46.6 Å². The van der Waals surface area contributed by atoms with Crippen LogP contribution < -0.4 is 5.32 Å². The van der Waals surface area contributed by atoms with Gasteiger partial charge in [-0.25, -0.2) is 0 Å². The third-order valence-electron chi connectivity index (χ3n) is 1.67. The van der Waals surface area contributed by atoms with E-state index in [0.29, 0.717) is 12.2 Å². The molecule has 0 radical (unpaired) electrons. The van der Waals surface area contributed by atoms with Gasteiger partial charge in [-0.15, -0.1) is 0 Å². The summed E-state index contributed by atoms with van der Waals surface area (Å²) in [5.41, 5.74) is 0.122. The minimum atomic E-state index is 0.122. The lowest BCUT2D eigenvalue weighted by atomic mass is 10.1. The number of ketones is 1. The number of carbonyl (C=O) groups is 1. The van der Waals surface area contributed by atoms with Crippen molar-refractivity contribution in [1.29, 1.82) is 0 Å². The van der Waals surface area contributed by atoms with Gasteiger partial charge in [-0.1, -0.05) is 13.8 Å². The van der Waals surface area contributed by atoms with E-state index >= 15 is 0 Å². The molecule has 0 bridgehead atoms. The number of carbonyl (C=O) groups excluding carboxylic acids is 1. The molecule has 2 nitrogen and oxygen atoms in total. The Bertz CT molecular complexity index is 144. The molecule has 0 atom stereocenters. The van der Waals surface area contributed by atoms with Crippen LogP contribution in [0.25, 0.3) is 0 Å². The number of Topliss-reactive ketones (excluding diaryl/α,β-unsaturated/α-hetero) is 1. The Morgan fingerprint density at radius 1 is 1.33 bits per heavy atom. The Hall–Kier alpha value is -0.370. The lowest BCUT2D eigenvalue weighted by Crippen LogP contribution is -2.37. The van der Waals surface area contributed by atoms with E-state index in [1.54, 1.807) is 0 Å². The first-order chi connectivity index (χ1) is 5.33. The highest BCUT2D eigenvalue weighted by Gasteiger charge is 2.10. The minimum absolute atomic E-state index is 0.122. The fourth-order valence-electron chi connectivity index (χ4n) is 0.849. The van der Waals surface area contributed by atoms with Crippen LogP contribution >= 0.6 is 0 Å². The molecule has 0 aromatic carbocycles. The van der Waals surface area contributed by atoms with Crippen LogP contribution in [0.1, 0.15) is 41.0 Å². The number of hydrogen-bond donors (Lipinski definition) is 1. The summed E-state index contributed by atoms with van der Waals surface area (Å²) < 4.78 is 0. The molecule has 0 aromatic heterocycles. The van der Waals surface area contributed by atoms with Gasteiger partial charge in [0.05, 0.1) is 0 Å². The Kier molecular flexibility index (Phi) is 4.46. The highest BCUT2D eigenvalue weighted by molar-refractivity contribution is 5.80. The van der Waals surface area contributed by atoms with Gasteiger partial charge in [0.2, 0.25) is 0 Å². The maximum atomic E-state index is 11.2. The van der Waals surface area contributed by atoms with Gasteiger partial charge in [-0.2, -0.15) is 0 Å². The van der Waals surface area contributed by atoms with E-state index in [0.717, 1.165) is 6.54 Å². The molecule has 0 aliphatic rings. The van der Waals surface area contributed by atoms with E-state index < -0.39 is 0 Å². The molecule has 2 heteroatoms. The molecule has 12 heavy (non-hydrogen) atoms. The van der Waals surface area contributed by atoms with E-state index in [2.05, 4.69) is 26.1 Å². The summed E-state index contributed by atoms with van der Waals surface area (Å²) in [6.45, 7) is 11.0. The van der Waals surface area contributed by atoms with Crippen LogP contribution in [0, 0.1) is 5.92 Å². The molecule has 0 unspecified atom stereocenters. The van der Waals surface area contributed by atoms with Crippen molar-refractivity contribution >= 4 is 5.78 Å². The molecule has 0 rings (SSSR count). The summed E-state index contributed by atoms with van der Waals surface area (Å²) in [6.07, 6.45) is 0.648. The van der Waals surface area contributed by atoms with Crippen LogP contribution in [0.4, 0.5) is 0 Å². The normalized spacial score (nSPS) is 12.2. The largest absolute Gasteiger partial charge is 0.312 e. The van der Waals surface area contributed by atoms with Gasteiger partial charge >= 0.3 is 0 Å². The monoisotopic (exact) mass is 171 g/mol. The van der Waals surface area contributed by atoms with E-state index in [9.17, 15) is 4.79 Å². The fourth-order valence-corrected chi connectivity index (χ4v) is 0.849. The maximum Gasteiger partial charge on any atom is 0.136 e. The molecule has 0 fully saturated rings. The molecule has 72 valence electrons. The standard InChI is InChI=1S/C10H21NO/c1-8(2)9(12)6-7-11-10(3,4)5/h8,11H,6-7H2,1-5H3. The van der Waals surface area contributed by atoms with Gasteiger partial charge in [0.25, 0.3) is 0 Å². The van der Waals surface area contributed by atoms with Gasteiger partial charge in [0.15, 0.2) is 0 Å². The summed E-state index contributed by atoms with van der Waals surface area (Å²) in [5.74, 6) is 0.513. The average molecular weight is 171 g/mol. The zero-order valence-electron chi connectivity index (χ0n) is 8.90. The van der Waals surface area contributed by atoms with Gasteiger partial charge in [-0.3, -0.25) is 4.79 Å². The second-order valence-electron chi connectivity index (χ2n) is 4.55. The second kappa shape index (κ2) is 4.61. The number of hydrogen-bond acceptors (Lipinski definition) is 2. The molecule has 0 heterocycles. The van der Waals surface area contributed by atoms with Gasteiger partial charge < -0.3 is 5.32 Å². The topological polar surface area (TPSA) is 29.1 Å². The number of rotatable bonds is 4. The molecular weight excluding hydrogens is 150 g/mol. The van der Waals surface area contributed by atoms with Crippen molar-refractivity contribution in [2.75, 3.05) is 6.54 Å². The van der Waals surface area contributed by atoms with Crippen molar-refractivity contribution in [3.63, 3.8) is 0 Å². The van der Waals surface area contributed by atoms with Crippen molar-refractivity contribution < 1.29 is 4.79 Å². The second-order valence-corrected chi connectivity index (χ2v) is 4.55.